The van der Waals surface area contributed by atoms with Crippen molar-refractivity contribution >= 4 is 10.8 Å². The quantitative estimate of drug-likeness (QED) is 0.235. The molecular weight excluding hydrogens is 391 g/mol. The van der Waals surface area contributed by atoms with Gasteiger partial charge in [0.15, 0.2) is 0 Å². The number of fused-ring (bicyclic) bond motifs is 1. The summed E-state index contributed by atoms with van der Waals surface area (Å²) in [4.78, 5) is 0. The lowest BCUT2D eigenvalue weighted by Crippen LogP contribution is -2.13. The summed E-state index contributed by atoms with van der Waals surface area (Å²) in [6.07, 6.45) is 14.0. The first-order chi connectivity index (χ1) is 15.7. The number of unbranched alkanes of at least 4 members (excludes halogenated alkanes) is 2. The van der Waals surface area contributed by atoms with Crippen molar-refractivity contribution in [2.24, 2.45) is 5.92 Å². The zero-order chi connectivity index (χ0) is 22.3. The molecule has 0 unspecified atom stereocenters. The van der Waals surface area contributed by atoms with E-state index in [-0.39, 0.29) is 5.82 Å². The van der Waals surface area contributed by atoms with Crippen molar-refractivity contribution in [3.63, 3.8) is 0 Å². The highest BCUT2D eigenvalue weighted by Gasteiger charge is 2.21. The average Bonchev–Trinajstić information content (AvgIpc) is 2.84. The van der Waals surface area contributed by atoms with Crippen molar-refractivity contribution in [3.05, 3.63) is 84.2 Å². The molecule has 1 aliphatic carbocycles. The summed E-state index contributed by atoms with van der Waals surface area (Å²) in [5, 5.41) is 1.73. The van der Waals surface area contributed by atoms with E-state index < -0.39 is 0 Å². The van der Waals surface area contributed by atoms with Gasteiger partial charge >= 0.3 is 0 Å². The smallest absolute Gasteiger partial charge is 0.134 e. The van der Waals surface area contributed by atoms with Crippen molar-refractivity contribution < 1.29 is 4.39 Å². The second-order valence-corrected chi connectivity index (χ2v) is 9.64. The molecule has 0 aliphatic heterocycles. The molecule has 3 aromatic rings. The van der Waals surface area contributed by atoms with Crippen LogP contribution < -0.4 is 0 Å². The molecule has 0 radical (unpaired) electrons. The Bertz CT molecular complexity index is 1020. The van der Waals surface area contributed by atoms with Gasteiger partial charge in [0.1, 0.15) is 5.82 Å². The van der Waals surface area contributed by atoms with E-state index in [4.69, 9.17) is 0 Å². The van der Waals surface area contributed by atoms with Gasteiger partial charge in [-0.25, -0.2) is 4.39 Å². The molecule has 1 fully saturated rings. The summed E-state index contributed by atoms with van der Waals surface area (Å²) in [5.41, 5.74) is 4.69. The van der Waals surface area contributed by atoms with E-state index in [2.05, 4.69) is 62.0 Å². The molecule has 0 bridgehead atoms. The second-order valence-electron chi connectivity index (χ2n) is 9.64. The van der Waals surface area contributed by atoms with E-state index >= 15 is 0 Å². The Hall–Kier alpha value is -2.41. The highest BCUT2D eigenvalue weighted by Crippen LogP contribution is 2.38. The molecule has 168 valence electrons. The van der Waals surface area contributed by atoms with Crippen LogP contribution in [0.3, 0.4) is 0 Å². The maximum absolute atomic E-state index is 15.0. The maximum atomic E-state index is 15.0. The lowest BCUT2D eigenvalue weighted by molar-refractivity contribution is 0.312. The summed E-state index contributed by atoms with van der Waals surface area (Å²) in [5.74, 6) is 1.54. The van der Waals surface area contributed by atoms with Gasteiger partial charge in [0.2, 0.25) is 0 Å². The van der Waals surface area contributed by atoms with Crippen molar-refractivity contribution in [2.45, 2.75) is 77.0 Å². The average molecular weight is 429 g/mol. The number of rotatable bonds is 9. The summed E-state index contributed by atoms with van der Waals surface area (Å²) in [6.45, 7) is 6.04. The molecule has 0 spiro atoms. The van der Waals surface area contributed by atoms with Crippen LogP contribution in [0.2, 0.25) is 0 Å². The van der Waals surface area contributed by atoms with Gasteiger partial charge in [-0.1, -0.05) is 74.4 Å². The Labute approximate surface area is 193 Å². The lowest BCUT2D eigenvalue weighted by Gasteiger charge is -2.28. The monoisotopic (exact) mass is 428 g/mol. The summed E-state index contributed by atoms with van der Waals surface area (Å²) >= 11 is 0. The van der Waals surface area contributed by atoms with E-state index in [1.165, 1.54) is 43.2 Å². The number of aryl methyl sites for hydroxylation is 1. The third-order valence-electron chi connectivity index (χ3n) is 7.42. The molecule has 4 rings (SSSR count). The third-order valence-corrected chi connectivity index (χ3v) is 7.42. The molecule has 0 saturated heterocycles. The molecule has 0 atom stereocenters. The van der Waals surface area contributed by atoms with Crippen LogP contribution in [0.5, 0.6) is 0 Å². The van der Waals surface area contributed by atoms with E-state index in [9.17, 15) is 4.39 Å². The predicted molar refractivity (Wildman–Crippen MR) is 137 cm³/mol. The van der Waals surface area contributed by atoms with E-state index in [1.54, 1.807) is 0 Å². The van der Waals surface area contributed by atoms with E-state index in [0.29, 0.717) is 5.92 Å². The second kappa shape index (κ2) is 10.9. The summed E-state index contributed by atoms with van der Waals surface area (Å²) < 4.78 is 15.0. The Balaban J connectivity index is 1.45. The van der Waals surface area contributed by atoms with Gasteiger partial charge in [0.05, 0.1) is 0 Å². The normalized spacial score (nSPS) is 18.7. The third kappa shape index (κ3) is 5.31. The van der Waals surface area contributed by atoms with Crippen LogP contribution in [0.25, 0.3) is 21.9 Å². The molecule has 1 saturated carbocycles. The molecule has 1 heteroatoms. The molecule has 0 nitrogen and oxygen atoms in total. The SMILES string of the molecule is C=CCCC1CCC(c2ccc(-c3ccc4c(F)c(CCCCC)ccc4c3)cc2)CC1. The zero-order valence-electron chi connectivity index (χ0n) is 19.6. The largest absolute Gasteiger partial charge is 0.206 e. The molecule has 0 N–H and O–H groups in total. The summed E-state index contributed by atoms with van der Waals surface area (Å²) in [7, 11) is 0. The molecule has 0 amide bonds. The van der Waals surface area contributed by atoms with Crippen LogP contribution in [0.15, 0.2) is 67.3 Å². The highest BCUT2D eigenvalue weighted by atomic mass is 19.1. The van der Waals surface area contributed by atoms with Crippen LogP contribution in [0.1, 0.15) is 81.8 Å². The van der Waals surface area contributed by atoms with Gasteiger partial charge in [-0.15, -0.1) is 6.58 Å². The molecule has 3 aromatic carbocycles. The van der Waals surface area contributed by atoms with Crippen molar-refractivity contribution in [3.8, 4) is 11.1 Å². The van der Waals surface area contributed by atoms with Crippen molar-refractivity contribution in [1.82, 2.24) is 0 Å². The lowest BCUT2D eigenvalue weighted by atomic mass is 9.77. The van der Waals surface area contributed by atoms with Crippen LogP contribution in [0.4, 0.5) is 4.39 Å². The first-order valence-electron chi connectivity index (χ1n) is 12.6. The first-order valence-corrected chi connectivity index (χ1v) is 12.6. The first kappa shape index (κ1) is 22.8. The number of halogens is 1. The molecule has 1 aliphatic rings. The van der Waals surface area contributed by atoms with Gasteiger partial charge in [0, 0.05) is 5.39 Å². The Morgan fingerprint density at radius 3 is 2.38 bits per heavy atom. The highest BCUT2D eigenvalue weighted by molar-refractivity contribution is 5.88. The van der Waals surface area contributed by atoms with Crippen molar-refractivity contribution in [2.75, 3.05) is 0 Å². The Morgan fingerprint density at radius 2 is 1.66 bits per heavy atom. The van der Waals surface area contributed by atoms with Crippen LogP contribution in [-0.2, 0) is 6.42 Å². The van der Waals surface area contributed by atoms with Gasteiger partial charge in [-0.2, -0.15) is 0 Å². The number of hydrogen-bond donors (Lipinski definition) is 0. The van der Waals surface area contributed by atoms with Crippen LogP contribution in [-0.4, -0.2) is 0 Å². The number of allylic oxidation sites excluding steroid dienone is 1. The summed E-state index contributed by atoms with van der Waals surface area (Å²) in [6, 6.07) is 19.3. The standard InChI is InChI=1S/C31H37F/c1-3-5-7-9-27-18-19-29-22-28(20-21-30(29)31(27)32)26-16-14-25(15-17-26)24-12-10-23(11-13-24)8-6-4-2/h4,14-24H,2-3,5-13H2,1H3. The van der Waals surface area contributed by atoms with E-state index in [1.807, 2.05) is 12.1 Å². The number of benzene rings is 3. The Morgan fingerprint density at radius 1 is 0.906 bits per heavy atom. The fourth-order valence-electron chi connectivity index (χ4n) is 5.36. The van der Waals surface area contributed by atoms with Gasteiger partial charge in [-0.05, 0) is 96.9 Å². The Kier molecular flexibility index (Phi) is 7.79. The van der Waals surface area contributed by atoms with Crippen LogP contribution in [0, 0.1) is 11.7 Å². The fourth-order valence-corrected chi connectivity index (χ4v) is 5.36. The minimum atomic E-state index is -0.0378. The van der Waals surface area contributed by atoms with Gasteiger partial charge in [-0.3, -0.25) is 0 Å². The van der Waals surface area contributed by atoms with Crippen molar-refractivity contribution in [1.29, 1.82) is 0 Å². The van der Waals surface area contributed by atoms with Gasteiger partial charge in [0.25, 0.3) is 0 Å². The topological polar surface area (TPSA) is 0 Å². The molecule has 32 heavy (non-hydrogen) atoms. The zero-order valence-corrected chi connectivity index (χ0v) is 19.6. The molecule has 0 aromatic heterocycles. The van der Waals surface area contributed by atoms with Gasteiger partial charge < -0.3 is 0 Å². The maximum Gasteiger partial charge on any atom is 0.134 e. The van der Waals surface area contributed by atoms with Crippen LogP contribution >= 0.6 is 0 Å². The molecular formula is C31H37F. The minimum absolute atomic E-state index is 0.0378. The number of hydrogen-bond acceptors (Lipinski definition) is 0. The van der Waals surface area contributed by atoms with E-state index in [0.717, 1.165) is 59.9 Å². The fraction of sp³-hybridized carbons (Fsp3) is 0.419. The molecule has 0 heterocycles. The predicted octanol–water partition coefficient (Wildman–Crippen LogP) is 9.62. The minimum Gasteiger partial charge on any atom is -0.206 e.